The van der Waals surface area contributed by atoms with Crippen LogP contribution in [0.25, 0.3) is 17.0 Å². The Morgan fingerprint density at radius 2 is 1.81 bits per heavy atom. The Kier molecular flexibility index (Phi) is 2.11. The van der Waals surface area contributed by atoms with Gasteiger partial charge in [0.25, 0.3) is 0 Å². The SMILES string of the molecule is Clc1cccn2nc(-c3ccccc3)nc12. The number of aromatic nitrogens is 3. The predicted molar refractivity (Wildman–Crippen MR) is 63.4 cm³/mol. The minimum absolute atomic E-state index is 0.609. The van der Waals surface area contributed by atoms with Gasteiger partial charge < -0.3 is 0 Å². The lowest BCUT2D eigenvalue weighted by atomic mass is 10.2. The Morgan fingerprint density at radius 3 is 2.56 bits per heavy atom. The number of fused-ring (bicyclic) bond motifs is 1. The lowest BCUT2D eigenvalue weighted by Gasteiger charge is -1.91. The molecule has 0 saturated heterocycles. The summed E-state index contributed by atoms with van der Waals surface area (Å²) >= 11 is 6.03. The van der Waals surface area contributed by atoms with Crippen molar-refractivity contribution in [2.24, 2.45) is 0 Å². The van der Waals surface area contributed by atoms with Crippen molar-refractivity contribution in [1.29, 1.82) is 0 Å². The zero-order valence-corrected chi connectivity index (χ0v) is 9.09. The number of hydrogen-bond donors (Lipinski definition) is 0. The van der Waals surface area contributed by atoms with Crippen LogP contribution in [-0.2, 0) is 0 Å². The molecular weight excluding hydrogens is 222 g/mol. The van der Waals surface area contributed by atoms with Gasteiger partial charge in [0.2, 0.25) is 0 Å². The molecular formula is C12H8ClN3. The fraction of sp³-hybridized carbons (Fsp3) is 0. The monoisotopic (exact) mass is 229 g/mol. The van der Waals surface area contributed by atoms with E-state index >= 15 is 0 Å². The van der Waals surface area contributed by atoms with E-state index in [1.54, 1.807) is 10.6 Å². The normalized spacial score (nSPS) is 10.8. The molecule has 16 heavy (non-hydrogen) atoms. The summed E-state index contributed by atoms with van der Waals surface area (Å²) < 4.78 is 1.69. The first-order valence-corrected chi connectivity index (χ1v) is 5.29. The first-order valence-electron chi connectivity index (χ1n) is 4.91. The molecule has 0 amide bonds. The highest BCUT2D eigenvalue weighted by Gasteiger charge is 2.07. The largest absolute Gasteiger partial charge is 0.219 e. The third-order valence-electron chi connectivity index (χ3n) is 2.35. The summed E-state index contributed by atoms with van der Waals surface area (Å²) in [4.78, 5) is 4.40. The summed E-state index contributed by atoms with van der Waals surface area (Å²) in [6, 6.07) is 13.5. The van der Waals surface area contributed by atoms with Gasteiger partial charge in [0, 0.05) is 11.8 Å². The van der Waals surface area contributed by atoms with Crippen molar-refractivity contribution in [1.82, 2.24) is 14.6 Å². The molecule has 0 aliphatic heterocycles. The standard InChI is InChI=1S/C12H8ClN3/c13-10-7-4-8-16-12(10)14-11(15-16)9-5-2-1-3-6-9/h1-8H. The van der Waals surface area contributed by atoms with E-state index in [0.717, 1.165) is 5.56 Å². The molecule has 0 atom stereocenters. The van der Waals surface area contributed by atoms with E-state index in [9.17, 15) is 0 Å². The van der Waals surface area contributed by atoms with Crippen LogP contribution in [0.2, 0.25) is 5.02 Å². The van der Waals surface area contributed by atoms with E-state index in [-0.39, 0.29) is 0 Å². The van der Waals surface area contributed by atoms with Gasteiger partial charge in [-0.1, -0.05) is 41.9 Å². The van der Waals surface area contributed by atoms with E-state index in [1.807, 2.05) is 42.6 Å². The van der Waals surface area contributed by atoms with Crippen molar-refractivity contribution in [3.63, 3.8) is 0 Å². The van der Waals surface area contributed by atoms with Gasteiger partial charge in [-0.25, -0.2) is 9.50 Å². The Labute approximate surface area is 97.3 Å². The Morgan fingerprint density at radius 1 is 1.00 bits per heavy atom. The molecule has 3 aromatic rings. The van der Waals surface area contributed by atoms with Crippen LogP contribution in [0.1, 0.15) is 0 Å². The molecule has 0 spiro atoms. The highest BCUT2D eigenvalue weighted by Crippen LogP contribution is 2.19. The lowest BCUT2D eigenvalue weighted by Crippen LogP contribution is -1.85. The number of pyridine rings is 1. The Hall–Kier alpha value is -1.87. The summed E-state index contributed by atoms with van der Waals surface area (Å²) in [5, 5.41) is 4.97. The van der Waals surface area contributed by atoms with Crippen LogP contribution in [0, 0.1) is 0 Å². The van der Waals surface area contributed by atoms with Crippen LogP contribution >= 0.6 is 11.6 Å². The van der Waals surface area contributed by atoms with E-state index in [4.69, 9.17) is 11.6 Å². The molecule has 0 saturated carbocycles. The third kappa shape index (κ3) is 1.46. The van der Waals surface area contributed by atoms with Crippen LogP contribution in [0.15, 0.2) is 48.7 Å². The fourth-order valence-electron chi connectivity index (χ4n) is 1.58. The number of halogens is 1. The molecule has 78 valence electrons. The second kappa shape index (κ2) is 3.61. The fourth-order valence-corrected chi connectivity index (χ4v) is 1.78. The quantitative estimate of drug-likeness (QED) is 0.642. The first kappa shape index (κ1) is 9.36. The molecule has 0 N–H and O–H groups in total. The van der Waals surface area contributed by atoms with Gasteiger partial charge >= 0.3 is 0 Å². The van der Waals surface area contributed by atoms with Crippen molar-refractivity contribution in [2.45, 2.75) is 0 Å². The number of rotatable bonds is 1. The predicted octanol–water partition coefficient (Wildman–Crippen LogP) is 3.05. The van der Waals surface area contributed by atoms with Crippen LogP contribution < -0.4 is 0 Å². The van der Waals surface area contributed by atoms with Gasteiger partial charge in [0.05, 0.1) is 5.02 Å². The molecule has 3 nitrogen and oxygen atoms in total. The second-order valence-electron chi connectivity index (χ2n) is 3.43. The number of nitrogens with zero attached hydrogens (tertiary/aromatic N) is 3. The molecule has 4 heteroatoms. The highest BCUT2D eigenvalue weighted by atomic mass is 35.5. The first-order chi connectivity index (χ1) is 7.84. The third-order valence-corrected chi connectivity index (χ3v) is 2.64. The van der Waals surface area contributed by atoms with E-state index < -0.39 is 0 Å². The molecule has 2 aromatic heterocycles. The smallest absolute Gasteiger partial charge is 0.182 e. The highest BCUT2D eigenvalue weighted by molar-refractivity contribution is 6.33. The van der Waals surface area contributed by atoms with E-state index in [1.165, 1.54) is 0 Å². The maximum atomic E-state index is 6.03. The molecule has 1 aromatic carbocycles. The average Bonchev–Trinajstić information content (AvgIpc) is 2.76. The van der Waals surface area contributed by atoms with Crippen LogP contribution in [-0.4, -0.2) is 14.6 Å². The summed E-state index contributed by atoms with van der Waals surface area (Å²) in [6.45, 7) is 0. The molecule has 3 rings (SSSR count). The van der Waals surface area contributed by atoms with E-state index in [0.29, 0.717) is 16.5 Å². The second-order valence-corrected chi connectivity index (χ2v) is 3.83. The zero-order valence-electron chi connectivity index (χ0n) is 8.34. The molecule has 2 heterocycles. The molecule has 0 aliphatic rings. The maximum absolute atomic E-state index is 6.03. The molecule has 0 fully saturated rings. The summed E-state index contributed by atoms with van der Waals surface area (Å²) in [7, 11) is 0. The van der Waals surface area contributed by atoms with Crippen molar-refractivity contribution in [3.05, 3.63) is 53.7 Å². The topological polar surface area (TPSA) is 30.2 Å². The van der Waals surface area contributed by atoms with Crippen molar-refractivity contribution < 1.29 is 0 Å². The Bertz CT molecular complexity index is 631. The Balaban J connectivity index is 2.23. The van der Waals surface area contributed by atoms with Crippen LogP contribution in [0.5, 0.6) is 0 Å². The van der Waals surface area contributed by atoms with Crippen molar-refractivity contribution in [3.8, 4) is 11.4 Å². The maximum Gasteiger partial charge on any atom is 0.182 e. The minimum atomic E-state index is 0.609. The van der Waals surface area contributed by atoms with Gasteiger partial charge in [-0.05, 0) is 12.1 Å². The van der Waals surface area contributed by atoms with Crippen molar-refractivity contribution >= 4 is 17.2 Å². The van der Waals surface area contributed by atoms with Gasteiger partial charge in [-0.15, -0.1) is 5.10 Å². The minimum Gasteiger partial charge on any atom is -0.219 e. The summed E-state index contributed by atoms with van der Waals surface area (Å²) in [6.07, 6.45) is 1.83. The van der Waals surface area contributed by atoms with Crippen LogP contribution in [0.4, 0.5) is 0 Å². The van der Waals surface area contributed by atoms with Gasteiger partial charge in [-0.3, -0.25) is 0 Å². The summed E-state index contributed by atoms with van der Waals surface area (Å²) in [5.74, 6) is 0.689. The molecule has 0 radical (unpaired) electrons. The molecule has 0 aliphatic carbocycles. The zero-order chi connectivity index (χ0) is 11.0. The van der Waals surface area contributed by atoms with Gasteiger partial charge in [0.15, 0.2) is 11.5 Å². The lowest BCUT2D eigenvalue weighted by molar-refractivity contribution is 0.966. The summed E-state index contributed by atoms with van der Waals surface area (Å²) in [5.41, 5.74) is 1.67. The van der Waals surface area contributed by atoms with Crippen molar-refractivity contribution in [2.75, 3.05) is 0 Å². The van der Waals surface area contributed by atoms with Gasteiger partial charge in [-0.2, -0.15) is 0 Å². The number of hydrogen-bond acceptors (Lipinski definition) is 2. The van der Waals surface area contributed by atoms with Gasteiger partial charge in [0.1, 0.15) is 0 Å². The molecule has 0 bridgehead atoms. The number of benzene rings is 1. The average molecular weight is 230 g/mol. The molecule has 0 unspecified atom stereocenters. The van der Waals surface area contributed by atoms with Crippen LogP contribution in [0.3, 0.4) is 0 Å². The van der Waals surface area contributed by atoms with E-state index in [2.05, 4.69) is 10.1 Å².